The maximum atomic E-state index is 13.2. The maximum absolute atomic E-state index is 13.2. The van der Waals surface area contributed by atoms with Crippen LogP contribution in [-0.2, 0) is 10.0 Å². The Kier molecular flexibility index (Phi) is 3.88. The molecule has 0 saturated heterocycles. The fraction of sp³-hybridized carbons (Fsp3) is 0.462. The summed E-state index contributed by atoms with van der Waals surface area (Å²) in [5.41, 5.74) is -0.265. The molecule has 0 aromatic heterocycles. The standard InChI is InChI=1S/C13H15FN2O2S/c1-9(10-3-2-4-10)16-19(17,18)12-5-6-13(14)11(7-12)8-15/h5-7,9-10,16H,2-4H2,1H3. The fourth-order valence-electron chi connectivity index (χ4n) is 2.11. The van der Waals surface area contributed by atoms with Gasteiger partial charge in [0.05, 0.1) is 10.5 Å². The second kappa shape index (κ2) is 5.27. The zero-order chi connectivity index (χ0) is 14.0. The number of nitriles is 1. The van der Waals surface area contributed by atoms with Crippen LogP contribution in [-0.4, -0.2) is 14.5 Å². The lowest BCUT2D eigenvalue weighted by molar-refractivity contribution is 0.260. The van der Waals surface area contributed by atoms with Crippen molar-refractivity contribution in [1.82, 2.24) is 4.72 Å². The molecule has 1 aliphatic carbocycles. The van der Waals surface area contributed by atoms with Gasteiger partial charge in [-0.1, -0.05) is 6.42 Å². The van der Waals surface area contributed by atoms with E-state index in [1.165, 1.54) is 6.07 Å². The molecule has 19 heavy (non-hydrogen) atoms. The SMILES string of the molecule is CC(NS(=O)(=O)c1ccc(F)c(C#N)c1)C1CCC1. The molecule has 0 radical (unpaired) electrons. The summed E-state index contributed by atoms with van der Waals surface area (Å²) in [7, 11) is -3.70. The minimum absolute atomic E-state index is 0.0726. The normalized spacial score (nSPS) is 17.5. The molecule has 1 saturated carbocycles. The van der Waals surface area contributed by atoms with E-state index in [-0.39, 0.29) is 16.5 Å². The first-order valence-electron chi connectivity index (χ1n) is 6.16. The van der Waals surface area contributed by atoms with Gasteiger partial charge in [0.15, 0.2) is 0 Å². The molecule has 1 aliphatic rings. The van der Waals surface area contributed by atoms with Gasteiger partial charge < -0.3 is 0 Å². The van der Waals surface area contributed by atoms with Crippen molar-refractivity contribution in [2.24, 2.45) is 5.92 Å². The van der Waals surface area contributed by atoms with Gasteiger partial charge in [-0.25, -0.2) is 17.5 Å². The number of nitrogens with zero attached hydrogens (tertiary/aromatic N) is 1. The van der Waals surface area contributed by atoms with Crippen LogP contribution in [0.2, 0.25) is 0 Å². The molecular weight excluding hydrogens is 267 g/mol. The molecule has 1 N–H and O–H groups in total. The van der Waals surface area contributed by atoms with Crippen molar-refractivity contribution < 1.29 is 12.8 Å². The molecule has 4 nitrogen and oxygen atoms in total. The highest BCUT2D eigenvalue weighted by molar-refractivity contribution is 7.89. The third kappa shape index (κ3) is 2.94. The Balaban J connectivity index is 2.21. The molecule has 2 rings (SSSR count). The highest BCUT2D eigenvalue weighted by Crippen LogP contribution is 2.30. The van der Waals surface area contributed by atoms with E-state index in [4.69, 9.17) is 5.26 Å². The van der Waals surface area contributed by atoms with E-state index in [0.29, 0.717) is 5.92 Å². The molecule has 1 atom stereocenters. The van der Waals surface area contributed by atoms with Crippen LogP contribution in [0.3, 0.4) is 0 Å². The van der Waals surface area contributed by atoms with Crippen molar-refractivity contribution in [2.75, 3.05) is 0 Å². The number of benzene rings is 1. The van der Waals surface area contributed by atoms with Crippen LogP contribution in [0.15, 0.2) is 23.1 Å². The molecule has 0 heterocycles. The van der Waals surface area contributed by atoms with Crippen LogP contribution >= 0.6 is 0 Å². The molecule has 1 aromatic rings. The number of nitrogens with one attached hydrogen (secondary N) is 1. The van der Waals surface area contributed by atoms with Gasteiger partial charge >= 0.3 is 0 Å². The first kappa shape index (κ1) is 14.0. The number of halogens is 1. The Morgan fingerprint density at radius 2 is 2.16 bits per heavy atom. The maximum Gasteiger partial charge on any atom is 0.240 e. The first-order chi connectivity index (χ1) is 8.94. The predicted octanol–water partition coefficient (Wildman–Crippen LogP) is 2.16. The third-order valence-corrected chi connectivity index (χ3v) is 5.12. The van der Waals surface area contributed by atoms with E-state index in [0.717, 1.165) is 31.4 Å². The lowest BCUT2D eigenvalue weighted by atomic mass is 9.81. The summed E-state index contributed by atoms with van der Waals surface area (Å²) in [5, 5.41) is 8.72. The zero-order valence-corrected chi connectivity index (χ0v) is 11.4. The highest BCUT2D eigenvalue weighted by Gasteiger charge is 2.28. The first-order valence-corrected chi connectivity index (χ1v) is 7.64. The van der Waals surface area contributed by atoms with E-state index in [1.807, 2.05) is 6.92 Å². The summed E-state index contributed by atoms with van der Waals surface area (Å²) in [6.07, 6.45) is 3.18. The van der Waals surface area contributed by atoms with Crippen molar-refractivity contribution in [3.63, 3.8) is 0 Å². The van der Waals surface area contributed by atoms with E-state index in [1.54, 1.807) is 6.07 Å². The van der Waals surface area contributed by atoms with Crippen molar-refractivity contribution >= 4 is 10.0 Å². The van der Waals surface area contributed by atoms with Crippen molar-refractivity contribution in [1.29, 1.82) is 5.26 Å². The Bertz CT molecular complexity index is 618. The van der Waals surface area contributed by atoms with Crippen LogP contribution < -0.4 is 4.72 Å². The topological polar surface area (TPSA) is 70.0 Å². The number of hydrogen-bond acceptors (Lipinski definition) is 3. The van der Waals surface area contributed by atoms with Crippen molar-refractivity contribution in [2.45, 2.75) is 37.1 Å². The lowest BCUT2D eigenvalue weighted by Crippen LogP contribution is -2.40. The average Bonchev–Trinajstić information content (AvgIpc) is 2.26. The summed E-state index contributed by atoms with van der Waals surface area (Å²) < 4.78 is 40.0. The lowest BCUT2D eigenvalue weighted by Gasteiger charge is -2.31. The van der Waals surface area contributed by atoms with E-state index < -0.39 is 15.8 Å². The van der Waals surface area contributed by atoms with Gasteiger partial charge in [0.25, 0.3) is 0 Å². The molecule has 0 amide bonds. The van der Waals surface area contributed by atoms with E-state index >= 15 is 0 Å². The van der Waals surface area contributed by atoms with E-state index in [9.17, 15) is 12.8 Å². The van der Waals surface area contributed by atoms with Gasteiger partial charge in [-0.05, 0) is 43.9 Å². The van der Waals surface area contributed by atoms with Crippen LogP contribution in [0, 0.1) is 23.1 Å². The molecule has 1 aromatic carbocycles. The third-order valence-electron chi connectivity index (χ3n) is 3.57. The minimum Gasteiger partial charge on any atom is -0.208 e. The molecule has 6 heteroatoms. The summed E-state index contributed by atoms with van der Waals surface area (Å²) in [6.45, 7) is 1.83. The molecular formula is C13H15FN2O2S. The quantitative estimate of drug-likeness (QED) is 0.920. The van der Waals surface area contributed by atoms with Gasteiger partial charge in [-0.2, -0.15) is 5.26 Å². The van der Waals surface area contributed by atoms with Crippen molar-refractivity contribution in [3.8, 4) is 6.07 Å². The minimum atomic E-state index is -3.70. The Morgan fingerprint density at radius 3 is 2.68 bits per heavy atom. The zero-order valence-electron chi connectivity index (χ0n) is 10.6. The Hall–Kier alpha value is -1.45. The monoisotopic (exact) mass is 282 g/mol. The summed E-state index contributed by atoms with van der Waals surface area (Å²) in [4.78, 5) is -0.0726. The predicted molar refractivity (Wildman–Crippen MR) is 68.2 cm³/mol. The van der Waals surface area contributed by atoms with Crippen LogP contribution in [0.1, 0.15) is 31.7 Å². The van der Waals surface area contributed by atoms with Gasteiger partial charge in [-0.15, -0.1) is 0 Å². The average molecular weight is 282 g/mol. The second-order valence-electron chi connectivity index (χ2n) is 4.85. The smallest absolute Gasteiger partial charge is 0.208 e. The van der Waals surface area contributed by atoms with Crippen LogP contribution in [0.4, 0.5) is 4.39 Å². The van der Waals surface area contributed by atoms with Gasteiger partial charge in [0, 0.05) is 6.04 Å². The fourth-order valence-corrected chi connectivity index (χ4v) is 3.44. The molecule has 102 valence electrons. The summed E-state index contributed by atoms with van der Waals surface area (Å²) >= 11 is 0. The molecule has 0 spiro atoms. The van der Waals surface area contributed by atoms with Gasteiger partial charge in [-0.3, -0.25) is 0 Å². The summed E-state index contributed by atoms with van der Waals surface area (Å²) in [6, 6.07) is 4.73. The highest BCUT2D eigenvalue weighted by atomic mass is 32.2. The molecule has 1 fully saturated rings. The molecule has 0 bridgehead atoms. The largest absolute Gasteiger partial charge is 0.240 e. The number of rotatable bonds is 4. The van der Waals surface area contributed by atoms with Gasteiger partial charge in [0.1, 0.15) is 11.9 Å². The van der Waals surface area contributed by atoms with Crippen LogP contribution in [0.5, 0.6) is 0 Å². The van der Waals surface area contributed by atoms with Gasteiger partial charge in [0.2, 0.25) is 10.0 Å². The molecule has 0 aliphatic heterocycles. The second-order valence-corrected chi connectivity index (χ2v) is 6.57. The number of hydrogen-bond donors (Lipinski definition) is 1. The Labute approximate surface area is 112 Å². The van der Waals surface area contributed by atoms with E-state index in [2.05, 4.69) is 4.72 Å². The van der Waals surface area contributed by atoms with Crippen LogP contribution in [0.25, 0.3) is 0 Å². The Morgan fingerprint density at radius 1 is 1.47 bits per heavy atom. The molecule has 1 unspecified atom stereocenters. The van der Waals surface area contributed by atoms with Crippen molar-refractivity contribution in [3.05, 3.63) is 29.6 Å². The summed E-state index contributed by atoms with van der Waals surface area (Å²) in [5.74, 6) is -0.348. The number of sulfonamides is 1.